The van der Waals surface area contributed by atoms with E-state index in [0.29, 0.717) is 5.56 Å². The number of thiazole rings is 1. The van der Waals surface area contributed by atoms with Crippen molar-refractivity contribution in [2.75, 3.05) is 0 Å². The highest BCUT2D eigenvalue weighted by Crippen LogP contribution is 2.50. The van der Waals surface area contributed by atoms with E-state index in [1.165, 1.54) is 16.9 Å². The van der Waals surface area contributed by atoms with Gasteiger partial charge in [-0.05, 0) is 57.1 Å². The normalized spacial score (nSPS) is 19.5. The van der Waals surface area contributed by atoms with E-state index in [4.69, 9.17) is 0 Å². The summed E-state index contributed by atoms with van der Waals surface area (Å²) in [6.07, 6.45) is 10.2. The lowest BCUT2D eigenvalue weighted by atomic mass is 9.73. The summed E-state index contributed by atoms with van der Waals surface area (Å²) in [5, 5.41) is 22.3. The predicted molar refractivity (Wildman–Crippen MR) is 118 cm³/mol. The first kappa shape index (κ1) is 20.7. The van der Waals surface area contributed by atoms with E-state index < -0.39 is 0 Å². The Morgan fingerprint density at radius 1 is 1.32 bits per heavy atom. The van der Waals surface area contributed by atoms with Gasteiger partial charge in [0.15, 0.2) is 0 Å². The molecule has 150 valence electrons. The van der Waals surface area contributed by atoms with Crippen LogP contribution in [0, 0.1) is 5.92 Å². The molecule has 0 bridgehead atoms. The minimum absolute atomic E-state index is 0.0531. The number of rotatable bonds is 7. The SMILES string of the molecule is C=C(C)C1CCC(C)=CC1c1c(O)cc(CCCCC)c(-c2cncs2)c1O. The van der Waals surface area contributed by atoms with Gasteiger partial charge in [-0.25, -0.2) is 0 Å². The third kappa shape index (κ3) is 4.17. The van der Waals surface area contributed by atoms with Crippen LogP contribution in [-0.2, 0) is 6.42 Å². The lowest BCUT2D eigenvalue weighted by molar-refractivity contribution is 0.407. The summed E-state index contributed by atoms with van der Waals surface area (Å²) in [7, 11) is 0. The number of aryl methyl sites for hydroxylation is 1. The third-order valence-corrected chi connectivity index (χ3v) is 6.63. The van der Waals surface area contributed by atoms with Gasteiger partial charge >= 0.3 is 0 Å². The largest absolute Gasteiger partial charge is 0.507 e. The minimum atomic E-state index is -0.0531. The van der Waals surface area contributed by atoms with Crippen molar-refractivity contribution in [3.8, 4) is 21.9 Å². The number of phenolic OH excluding ortho intramolecular Hbond substituents is 2. The van der Waals surface area contributed by atoms with Gasteiger partial charge in [0, 0.05) is 23.2 Å². The molecule has 2 atom stereocenters. The Morgan fingerprint density at radius 3 is 2.75 bits per heavy atom. The maximum absolute atomic E-state index is 11.4. The van der Waals surface area contributed by atoms with Crippen LogP contribution in [0.25, 0.3) is 10.4 Å². The topological polar surface area (TPSA) is 53.4 Å². The molecule has 3 rings (SSSR count). The summed E-state index contributed by atoms with van der Waals surface area (Å²) in [5.41, 5.74) is 6.66. The first-order valence-corrected chi connectivity index (χ1v) is 11.1. The second-order valence-corrected chi connectivity index (χ2v) is 8.93. The molecule has 1 aliphatic carbocycles. The zero-order valence-electron chi connectivity index (χ0n) is 17.2. The lowest BCUT2D eigenvalue weighted by Gasteiger charge is -2.32. The van der Waals surface area contributed by atoms with Crippen molar-refractivity contribution in [1.82, 2.24) is 4.98 Å². The second-order valence-electron chi connectivity index (χ2n) is 8.05. The maximum atomic E-state index is 11.4. The number of allylic oxidation sites excluding steroid dienone is 3. The molecule has 1 aromatic heterocycles. The van der Waals surface area contributed by atoms with Gasteiger partial charge in [-0.1, -0.05) is 43.6 Å². The van der Waals surface area contributed by atoms with Crippen molar-refractivity contribution < 1.29 is 10.2 Å². The summed E-state index contributed by atoms with van der Waals surface area (Å²) in [5.74, 6) is 0.570. The predicted octanol–water partition coefficient (Wildman–Crippen LogP) is 6.97. The Labute approximate surface area is 172 Å². The molecule has 4 heteroatoms. The molecular formula is C24H31NO2S. The average molecular weight is 398 g/mol. The van der Waals surface area contributed by atoms with Gasteiger partial charge in [0.2, 0.25) is 0 Å². The molecule has 0 amide bonds. The molecule has 2 N–H and O–H groups in total. The number of phenols is 2. The molecule has 0 spiro atoms. The molecule has 0 fully saturated rings. The molecule has 3 nitrogen and oxygen atoms in total. The van der Waals surface area contributed by atoms with Gasteiger partial charge in [0.05, 0.1) is 10.4 Å². The van der Waals surface area contributed by atoms with Gasteiger partial charge in [0.25, 0.3) is 0 Å². The maximum Gasteiger partial charge on any atom is 0.132 e. The molecule has 2 unspecified atom stereocenters. The van der Waals surface area contributed by atoms with Crippen molar-refractivity contribution in [2.24, 2.45) is 5.92 Å². The number of hydrogen-bond acceptors (Lipinski definition) is 4. The summed E-state index contributed by atoms with van der Waals surface area (Å²) < 4.78 is 0. The summed E-state index contributed by atoms with van der Waals surface area (Å²) in [6, 6.07) is 1.87. The van der Waals surface area contributed by atoms with Crippen LogP contribution in [0.3, 0.4) is 0 Å². The van der Waals surface area contributed by atoms with Crippen molar-refractivity contribution in [2.45, 2.75) is 65.2 Å². The van der Waals surface area contributed by atoms with Gasteiger partial charge in [0.1, 0.15) is 11.5 Å². The number of aromatic hydroxyl groups is 2. The zero-order valence-corrected chi connectivity index (χ0v) is 18.0. The molecule has 1 aromatic carbocycles. The molecule has 0 saturated carbocycles. The van der Waals surface area contributed by atoms with E-state index in [-0.39, 0.29) is 23.3 Å². The first-order chi connectivity index (χ1) is 13.4. The second kappa shape index (κ2) is 8.95. The van der Waals surface area contributed by atoms with Gasteiger partial charge in [-0.15, -0.1) is 11.3 Å². The Balaban J connectivity index is 2.15. The molecule has 0 radical (unpaired) electrons. The van der Waals surface area contributed by atoms with Gasteiger partial charge in [-0.3, -0.25) is 4.98 Å². The van der Waals surface area contributed by atoms with E-state index in [0.717, 1.165) is 60.1 Å². The van der Waals surface area contributed by atoms with E-state index in [9.17, 15) is 10.2 Å². The van der Waals surface area contributed by atoms with Crippen molar-refractivity contribution in [3.05, 3.63) is 52.7 Å². The van der Waals surface area contributed by atoms with Crippen LogP contribution in [0.5, 0.6) is 11.5 Å². The van der Waals surface area contributed by atoms with Gasteiger partial charge in [-0.2, -0.15) is 0 Å². The Hall–Kier alpha value is -2.07. The summed E-state index contributed by atoms with van der Waals surface area (Å²) in [4.78, 5) is 5.17. The molecule has 1 aliphatic rings. The average Bonchev–Trinajstić information content (AvgIpc) is 3.15. The smallest absolute Gasteiger partial charge is 0.132 e. The molecule has 1 heterocycles. The van der Waals surface area contributed by atoms with Crippen LogP contribution in [-0.4, -0.2) is 15.2 Å². The molecule has 2 aromatic rings. The standard InChI is InChI=1S/C24H31NO2S/c1-5-6-7-8-17-12-20(26)23(24(27)22(17)21-13-25-14-28-21)19-11-16(4)9-10-18(19)15(2)3/h11-14,18-19,26-27H,2,5-10H2,1,3-4H3. The van der Waals surface area contributed by atoms with Crippen LogP contribution >= 0.6 is 11.3 Å². The number of unbranched alkanes of at least 4 members (excludes halogenated alkanes) is 2. The fourth-order valence-corrected chi connectivity index (χ4v) is 5.04. The molecule has 0 saturated heterocycles. The van der Waals surface area contributed by atoms with Crippen LogP contribution < -0.4 is 0 Å². The Bertz CT molecular complexity index is 867. The van der Waals surface area contributed by atoms with Crippen LogP contribution in [0.4, 0.5) is 0 Å². The monoisotopic (exact) mass is 397 g/mol. The third-order valence-electron chi connectivity index (χ3n) is 5.84. The quantitative estimate of drug-likeness (QED) is 0.392. The Kier molecular flexibility index (Phi) is 6.61. The summed E-state index contributed by atoms with van der Waals surface area (Å²) in [6.45, 7) is 10.5. The highest BCUT2D eigenvalue weighted by atomic mass is 32.1. The highest BCUT2D eigenvalue weighted by Gasteiger charge is 2.32. The van der Waals surface area contributed by atoms with Crippen LogP contribution in [0.1, 0.15) is 69.9 Å². The number of aromatic nitrogens is 1. The van der Waals surface area contributed by atoms with Crippen molar-refractivity contribution in [1.29, 1.82) is 0 Å². The molecule has 0 aliphatic heterocycles. The van der Waals surface area contributed by atoms with Gasteiger partial charge < -0.3 is 10.2 Å². The first-order valence-electron chi connectivity index (χ1n) is 10.2. The van der Waals surface area contributed by atoms with Crippen LogP contribution in [0.2, 0.25) is 0 Å². The molecular weight excluding hydrogens is 366 g/mol. The zero-order chi connectivity index (χ0) is 20.3. The minimum Gasteiger partial charge on any atom is -0.507 e. The fraction of sp³-hybridized carbons (Fsp3) is 0.458. The fourth-order valence-electron chi connectivity index (χ4n) is 4.33. The van der Waals surface area contributed by atoms with E-state index in [1.54, 1.807) is 5.51 Å². The molecule has 28 heavy (non-hydrogen) atoms. The Morgan fingerprint density at radius 2 is 2.11 bits per heavy atom. The summed E-state index contributed by atoms with van der Waals surface area (Å²) >= 11 is 1.53. The van der Waals surface area contributed by atoms with E-state index in [1.807, 2.05) is 19.2 Å². The lowest BCUT2D eigenvalue weighted by Crippen LogP contribution is -2.17. The van der Waals surface area contributed by atoms with E-state index in [2.05, 4.69) is 31.5 Å². The highest BCUT2D eigenvalue weighted by molar-refractivity contribution is 7.13. The number of benzene rings is 1. The van der Waals surface area contributed by atoms with Crippen molar-refractivity contribution in [3.63, 3.8) is 0 Å². The number of nitrogens with zero attached hydrogens (tertiary/aromatic N) is 1. The van der Waals surface area contributed by atoms with Crippen LogP contribution in [0.15, 0.2) is 41.6 Å². The van der Waals surface area contributed by atoms with Crippen molar-refractivity contribution >= 4 is 11.3 Å². The van der Waals surface area contributed by atoms with E-state index >= 15 is 0 Å². The number of hydrogen-bond donors (Lipinski definition) is 2.